The summed E-state index contributed by atoms with van der Waals surface area (Å²) in [5, 5.41) is 6.58. The van der Waals surface area contributed by atoms with Crippen LogP contribution in [0.15, 0.2) is 49.1 Å². The van der Waals surface area contributed by atoms with Gasteiger partial charge >= 0.3 is 0 Å². The van der Waals surface area contributed by atoms with Crippen LogP contribution in [-0.4, -0.2) is 44.2 Å². The van der Waals surface area contributed by atoms with Gasteiger partial charge in [0.1, 0.15) is 23.0 Å². The second-order valence-electron chi connectivity index (χ2n) is 6.38. The molecule has 10 heteroatoms. The number of halogens is 1. The van der Waals surface area contributed by atoms with Crippen molar-refractivity contribution in [1.29, 1.82) is 0 Å². The summed E-state index contributed by atoms with van der Waals surface area (Å²) in [6.07, 6.45) is 8.00. The van der Waals surface area contributed by atoms with Crippen LogP contribution in [0.5, 0.6) is 5.75 Å². The molecule has 2 N–H and O–H groups in total. The fourth-order valence-electron chi connectivity index (χ4n) is 2.68. The van der Waals surface area contributed by atoms with Gasteiger partial charge < -0.3 is 15.4 Å². The van der Waals surface area contributed by atoms with Gasteiger partial charge in [-0.05, 0) is 30.4 Å². The van der Waals surface area contributed by atoms with Crippen LogP contribution in [0.3, 0.4) is 0 Å². The fourth-order valence-corrected chi connectivity index (χ4v) is 3.45. The molecule has 8 nitrogen and oxygen atoms in total. The number of nitrogens with one attached hydrogen (secondary N) is 2. The standard InChI is InChI=1S/C20H23ClN6O2S/c1-29-15-5-3-14(4-6-15)12-23-18(28)7-8-19(30-2)25-17-11-16(21)24-20(26-17)27-10-9-22-13-27/h3-6,9-11,13,19H,7-8,12H2,1-2H3,(H,23,28)(H,24,25,26). The number of aromatic nitrogens is 4. The van der Waals surface area contributed by atoms with Crippen molar-refractivity contribution in [2.24, 2.45) is 0 Å². The van der Waals surface area contributed by atoms with E-state index in [4.69, 9.17) is 16.3 Å². The first-order valence-electron chi connectivity index (χ1n) is 9.29. The maximum Gasteiger partial charge on any atom is 0.238 e. The molecule has 0 saturated heterocycles. The summed E-state index contributed by atoms with van der Waals surface area (Å²) < 4.78 is 6.82. The molecule has 2 aromatic heterocycles. The van der Waals surface area contributed by atoms with Crippen LogP contribution in [0.25, 0.3) is 5.95 Å². The van der Waals surface area contributed by atoms with E-state index in [2.05, 4.69) is 25.6 Å². The Morgan fingerprint density at radius 2 is 2.10 bits per heavy atom. The first-order valence-corrected chi connectivity index (χ1v) is 11.0. The summed E-state index contributed by atoms with van der Waals surface area (Å²) in [5.41, 5.74) is 1.02. The number of anilines is 1. The van der Waals surface area contributed by atoms with Crippen molar-refractivity contribution in [3.8, 4) is 11.7 Å². The van der Waals surface area contributed by atoms with Crippen LogP contribution >= 0.6 is 23.4 Å². The Hall–Kier alpha value is -2.78. The first kappa shape index (κ1) is 21.9. The van der Waals surface area contributed by atoms with Crippen LogP contribution in [0, 0.1) is 0 Å². The largest absolute Gasteiger partial charge is 0.497 e. The van der Waals surface area contributed by atoms with Crippen molar-refractivity contribution in [3.05, 3.63) is 59.8 Å². The molecule has 0 spiro atoms. The SMILES string of the molecule is COc1ccc(CNC(=O)CCC(Nc2cc(Cl)nc(-n3ccnc3)n2)SC)cc1. The third kappa shape index (κ3) is 6.36. The molecule has 1 aromatic carbocycles. The number of methoxy groups -OCH3 is 1. The Morgan fingerprint density at radius 1 is 1.30 bits per heavy atom. The van der Waals surface area contributed by atoms with Crippen molar-refractivity contribution in [1.82, 2.24) is 24.8 Å². The number of rotatable bonds is 10. The number of hydrogen-bond acceptors (Lipinski definition) is 7. The van der Waals surface area contributed by atoms with E-state index in [0.29, 0.717) is 36.3 Å². The second kappa shape index (κ2) is 10.8. The van der Waals surface area contributed by atoms with E-state index in [9.17, 15) is 4.79 Å². The lowest BCUT2D eigenvalue weighted by atomic mass is 10.2. The zero-order valence-electron chi connectivity index (χ0n) is 16.7. The van der Waals surface area contributed by atoms with Gasteiger partial charge in [-0.2, -0.15) is 4.98 Å². The van der Waals surface area contributed by atoms with Crippen molar-refractivity contribution in [2.45, 2.75) is 24.8 Å². The third-order valence-corrected chi connectivity index (χ3v) is 5.41. The molecule has 0 radical (unpaired) electrons. The Kier molecular flexibility index (Phi) is 7.92. The second-order valence-corrected chi connectivity index (χ2v) is 7.81. The summed E-state index contributed by atoms with van der Waals surface area (Å²) in [5.74, 6) is 1.81. The van der Waals surface area contributed by atoms with Gasteiger partial charge in [-0.3, -0.25) is 9.36 Å². The molecule has 158 valence electrons. The predicted molar refractivity (Wildman–Crippen MR) is 119 cm³/mol. The van der Waals surface area contributed by atoms with Gasteiger partial charge in [-0.25, -0.2) is 9.97 Å². The van der Waals surface area contributed by atoms with Gasteiger partial charge in [-0.1, -0.05) is 23.7 Å². The number of carbonyl (C=O) groups excluding carboxylic acids is 1. The third-order valence-electron chi connectivity index (χ3n) is 4.29. The molecule has 1 amide bonds. The van der Waals surface area contributed by atoms with E-state index in [-0.39, 0.29) is 11.3 Å². The molecule has 0 aliphatic heterocycles. The quantitative estimate of drug-likeness (QED) is 0.363. The predicted octanol–water partition coefficient (Wildman–Crippen LogP) is 3.52. The lowest BCUT2D eigenvalue weighted by molar-refractivity contribution is -0.121. The van der Waals surface area contributed by atoms with Crippen LogP contribution in [-0.2, 0) is 11.3 Å². The normalized spacial score (nSPS) is 11.7. The van der Waals surface area contributed by atoms with Crippen LogP contribution < -0.4 is 15.4 Å². The highest BCUT2D eigenvalue weighted by atomic mass is 35.5. The number of imidazole rings is 1. The monoisotopic (exact) mass is 446 g/mol. The van der Waals surface area contributed by atoms with Gasteiger partial charge in [0, 0.05) is 31.4 Å². The Morgan fingerprint density at radius 3 is 2.77 bits per heavy atom. The zero-order valence-corrected chi connectivity index (χ0v) is 18.3. The number of benzene rings is 1. The first-order chi connectivity index (χ1) is 14.6. The van der Waals surface area contributed by atoms with E-state index < -0.39 is 0 Å². The molecular weight excluding hydrogens is 424 g/mol. The van der Waals surface area contributed by atoms with Gasteiger partial charge in [-0.15, -0.1) is 11.8 Å². The molecule has 30 heavy (non-hydrogen) atoms. The summed E-state index contributed by atoms with van der Waals surface area (Å²) in [7, 11) is 1.63. The lowest BCUT2D eigenvalue weighted by Crippen LogP contribution is -2.25. The molecule has 3 aromatic rings. The highest BCUT2D eigenvalue weighted by Gasteiger charge is 2.13. The Bertz CT molecular complexity index is 952. The van der Waals surface area contributed by atoms with E-state index in [1.807, 2.05) is 30.5 Å². The highest BCUT2D eigenvalue weighted by molar-refractivity contribution is 7.99. The Balaban J connectivity index is 1.51. The molecule has 0 aliphatic rings. The smallest absolute Gasteiger partial charge is 0.238 e. The molecular formula is C20H23ClN6O2S. The number of carbonyl (C=O) groups is 1. The minimum Gasteiger partial charge on any atom is -0.497 e. The number of hydrogen-bond donors (Lipinski definition) is 2. The van der Waals surface area contributed by atoms with Gasteiger partial charge in [0.25, 0.3) is 0 Å². The van der Waals surface area contributed by atoms with Crippen molar-refractivity contribution < 1.29 is 9.53 Å². The summed E-state index contributed by atoms with van der Waals surface area (Å²) in [6.45, 7) is 0.482. The molecule has 0 saturated carbocycles. The average molecular weight is 447 g/mol. The minimum atomic E-state index is -0.00788. The maximum absolute atomic E-state index is 12.2. The number of amides is 1. The Labute approximate surface area is 184 Å². The zero-order chi connectivity index (χ0) is 21.3. The molecule has 1 atom stereocenters. The van der Waals surface area contributed by atoms with E-state index in [1.54, 1.807) is 48.2 Å². The van der Waals surface area contributed by atoms with E-state index in [1.165, 1.54) is 0 Å². The van der Waals surface area contributed by atoms with Gasteiger partial charge in [0.15, 0.2) is 0 Å². The van der Waals surface area contributed by atoms with Crippen LogP contribution in [0.4, 0.5) is 5.82 Å². The minimum absolute atomic E-state index is 0.00154. The van der Waals surface area contributed by atoms with Crippen molar-refractivity contribution in [3.63, 3.8) is 0 Å². The summed E-state index contributed by atoms with van der Waals surface area (Å²) >= 11 is 7.74. The highest BCUT2D eigenvalue weighted by Crippen LogP contribution is 2.20. The van der Waals surface area contributed by atoms with Crippen molar-refractivity contribution >= 4 is 35.1 Å². The molecule has 0 aliphatic carbocycles. The van der Waals surface area contributed by atoms with Crippen molar-refractivity contribution in [2.75, 3.05) is 18.7 Å². The van der Waals surface area contributed by atoms with Gasteiger partial charge in [0.2, 0.25) is 11.9 Å². The molecule has 2 heterocycles. The fraction of sp³-hybridized carbons (Fsp3) is 0.300. The number of nitrogens with zero attached hydrogens (tertiary/aromatic N) is 4. The van der Waals surface area contributed by atoms with Gasteiger partial charge in [0.05, 0.1) is 12.5 Å². The van der Waals surface area contributed by atoms with E-state index in [0.717, 1.165) is 11.3 Å². The molecule has 0 fully saturated rings. The summed E-state index contributed by atoms with van der Waals surface area (Å²) in [4.78, 5) is 24.9. The molecule has 3 rings (SSSR count). The maximum atomic E-state index is 12.2. The molecule has 1 unspecified atom stereocenters. The number of thioether (sulfide) groups is 1. The number of ether oxygens (including phenoxy) is 1. The van der Waals surface area contributed by atoms with Crippen LogP contribution in [0.2, 0.25) is 5.15 Å². The van der Waals surface area contributed by atoms with E-state index >= 15 is 0 Å². The topological polar surface area (TPSA) is 94.0 Å². The lowest BCUT2D eigenvalue weighted by Gasteiger charge is -2.17. The summed E-state index contributed by atoms with van der Waals surface area (Å²) in [6, 6.07) is 9.28. The average Bonchev–Trinajstić information content (AvgIpc) is 3.30. The molecule has 0 bridgehead atoms. The van der Waals surface area contributed by atoms with Crippen LogP contribution in [0.1, 0.15) is 18.4 Å².